The van der Waals surface area contributed by atoms with E-state index in [1.54, 1.807) is 10.6 Å². The quantitative estimate of drug-likeness (QED) is 0.820. The van der Waals surface area contributed by atoms with Crippen molar-refractivity contribution >= 4 is 0 Å². The van der Waals surface area contributed by atoms with Gasteiger partial charge in [0.2, 0.25) is 0 Å². The molecule has 100 valence electrons. The molecule has 0 aliphatic rings. The summed E-state index contributed by atoms with van der Waals surface area (Å²) in [5.74, 6) is 0. The molecule has 0 unspecified atom stereocenters. The average Bonchev–Trinajstić information content (AvgIpc) is 2.39. The van der Waals surface area contributed by atoms with Gasteiger partial charge in [-0.2, -0.15) is 0 Å². The van der Waals surface area contributed by atoms with Gasteiger partial charge in [0.05, 0.1) is 0 Å². The first-order valence-corrected chi connectivity index (χ1v) is 6.55. The molecule has 3 heteroatoms. The fourth-order valence-electron chi connectivity index (χ4n) is 2.04. The van der Waals surface area contributed by atoms with Gasteiger partial charge in [0.1, 0.15) is 0 Å². The van der Waals surface area contributed by atoms with E-state index < -0.39 is 0 Å². The third-order valence-electron chi connectivity index (χ3n) is 3.17. The van der Waals surface area contributed by atoms with Crippen LogP contribution in [0.25, 0.3) is 0 Å². The Bertz CT molecular complexity index is 575. The van der Waals surface area contributed by atoms with Crippen molar-refractivity contribution in [3.05, 3.63) is 70.1 Å². The maximum Gasteiger partial charge on any atom is 0.250 e. The van der Waals surface area contributed by atoms with E-state index in [0.717, 1.165) is 25.2 Å². The lowest BCUT2D eigenvalue weighted by Crippen LogP contribution is -2.27. The Morgan fingerprint density at radius 3 is 2.58 bits per heavy atom. The van der Waals surface area contributed by atoms with Gasteiger partial charge in [-0.3, -0.25) is 4.79 Å². The SMILES string of the molecule is Cc1ccn(CCN(C)Cc2ccccc2)c(=O)c1. The minimum absolute atomic E-state index is 0.0770. The summed E-state index contributed by atoms with van der Waals surface area (Å²) in [5.41, 5.74) is 2.38. The van der Waals surface area contributed by atoms with E-state index in [4.69, 9.17) is 0 Å². The fraction of sp³-hybridized carbons (Fsp3) is 0.312. The monoisotopic (exact) mass is 256 g/mol. The van der Waals surface area contributed by atoms with Crippen LogP contribution in [0.5, 0.6) is 0 Å². The molecule has 3 nitrogen and oxygen atoms in total. The molecule has 19 heavy (non-hydrogen) atoms. The first-order chi connectivity index (χ1) is 9.15. The molecular formula is C16H20N2O. The molecule has 0 N–H and O–H groups in total. The van der Waals surface area contributed by atoms with Crippen molar-refractivity contribution in [2.45, 2.75) is 20.0 Å². The molecule has 0 fully saturated rings. The lowest BCUT2D eigenvalue weighted by Gasteiger charge is -2.17. The van der Waals surface area contributed by atoms with Crippen LogP contribution in [0.2, 0.25) is 0 Å². The van der Waals surface area contributed by atoms with Gasteiger partial charge in [-0.05, 0) is 31.2 Å². The maximum absolute atomic E-state index is 11.8. The second-order valence-electron chi connectivity index (χ2n) is 4.96. The van der Waals surface area contributed by atoms with E-state index in [-0.39, 0.29) is 5.56 Å². The summed E-state index contributed by atoms with van der Waals surface area (Å²) in [5, 5.41) is 0. The first kappa shape index (κ1) is 13.6. The second-order valence-corrected chi connectivity index (χ2v) is 4.96. The Kier molecular flexibility index (Phi) is 4.53. The molecule has 0 aliphatic carbocycles. The molecule has 1 aromatic heterocycles. The second kappa shape index (κ2) is 6.34. The van der Waals surface area contributed by atoms with Crippen LogP contribution in [0.1, 0.15) is 11.1 Å². The number of nitrogens with zero attached hydrogens (tertiary/aromatic N) is 2. The van der Waals surface area contributed by atoms with E-state index >= 15 is 0 Å². The smallest absolute Gasteiger partial charge is 0.250 e. The summed E-state index contributed by atoms with van der Waals surface area (Å²) in [6.07, 6.45) is 1.87. The highest BCUT2D eigenvalue weighted by atomic mass is 16.1. The number of likely N-dealkylation sites (N-methyl/N-ethyl adjacent to an activating group) is 1. The Balaban J connectivity index is 1.90. The zero-order valence-electron chi connectivity index (χ0n) is 11.5. The minimum Gasteiger partial charge on any atom is -0.314 e. The standard InChI is InChI=1S/C16H20N2O/c1-14-8-9-18(16(19)12-14)11-10-17(2)13-15-6-4-3-5-7-15/h3-9,12H,10-11,13H2,1-2H3. The summed E-state index contributed by atoms with van der Waals surface area (Å²) in [7, 11) is 2.08. The maximum atomic E-state index is 11.8. The van der Waals surface area contributed by atoms with Gasteiger partial charge in [0, 0.05) is 31.9 Å². The fourth-order valence-corrected chi connectivity index (χ4v) is 2.04. The average molecular weight is 256 g/mol. The number of hydrogen-bond acceptors (Lipinski definition) is 2. The zero-order chi connectivity index (χ0) is 13.7. The molecule has 0 saturated carbocycles. The van der Waals surface area contributed by atoms with Crippen LogP contribution in [-0.4, -0.2) is 23.1 Å². The van der Waals surface area contributed by atoms with Crippen LogP contribution in [0, 0.1) is 6.92 Å². The van der Waals surface area contributed by atoms with E-state index in [0.29, 0.717) is 0 Å². The highest BCUT2D eigenvalue weighted by Crippen LogP contribution is 2.02. The highest BCUT2D eigenvalue weighted by Gasteiger charge is 2.01. The van der Waals surface area contributed by atoms with Gasteiger partial charge in [-0.15, -0.1) is 0 Å². The van der Waals surface area contributed by atoms with Crippen molar-refractivity contribution in [1.82, 2.24) is 9.47 Å². The lowest BCUT2D eigenvalue weighted by molar-refractivity contribution is 0.310. The highest BCUT2D eigenvalue weighted by molar-refractivity contribution is 5.14. The summed E-state index contributed by atoms with van der Waals surface area (Å²) >= 11 is 0. The molecule has 1 heterocycles. The number of benzene rings is 1. The molecule has 0 radical (unpaired) electrons. The summed E-state index contributed by atoms with van der Waals surface area (Å²) in [4.78, 5) is 14.0. The molecule has 0 spiro atoms. The summed E-state index contributed by atoms with van der Waals surface area (Å²) in [6, 6.07) is 14.0. The van der Waals surface area contributed by atoms with Crippen LogP contribution in [0.4, 0.5) is 0 Å². The number of pyridine rings is 1. The van der Waals surface area contributed by atoms with E-state index in [1.807, 2.05) is 37.4 Å². The van der Waals surface area contributed by atoms with Crippen LogP contribution in [0.15, 0.2) is 53.5 Å². The molecule has 0 bridgehead atoms. The Morgan fingerprint density at radius 1 is 1.16 bits per heavy atom. The normalized spacial score (nSPS) is 10.9. The van der Waals surface area contributed by atoms with Crippen molar-refractivity contribution in [2.75, 3.05) is 13.6 Å². The van der Waals surface area contributed by atoms with Crippen LogP contribution >= 0.6 is 0 Å². The summed E-state index contributed by atoms with van der Waals surface area (Å²) < 4.78 is 1.76. The van der Waals surface area contributed by atoms with Gasteiger partial charge in [0.25, 0.3) is 5.56 Å². The molecule has 1 aromatic carbocycles. The largest absolute Gasteiger partial charge is 0.314 e. The molecular weight excluding hydrogens is 236 g/mol. The predicted molar refractivity (Wildman–Crippen MR) is 78.2 cm³/mol. The van der Waals surface area contributed by atoms with Crippen molar-refractivity contribution in [1.29, 1.82) is 0 Å². The van der Waals surface area contributed by atoms with Crippen LogP contribution in [-0.2, 0) is 13.1 Å². The third-order valence-corrected chi connectivity index (χ3v) is 3.17. The van der Waals surface area contributed by atoms with Gasteiger partial charge in [-0.25, -0.2) is 0 Å². The van der Waals surface area contributed by atoms with E-state index in [9.17, 15) is 4.79 Å². The third kappa shape index (κ3) is 4.07. The molecule has 2 rings (SSSR count). The van der Waals surface area contributed by atoms with Crippen LogP contribution < -0.4 is 5.56 Å². The molecule has 0 amide bonds. The molecule has 0 aliphatic heterocycles. The Hall–Kier alpha value is -1.87. The molecule has 0 atom stereocenters. The lowest BCUT2D eigenvalue weighted by atomic mass is 10.2. The van der Waals surface area contributed by atoms with Gasteiger partial charge in [-0.1, -0.05) is 30.3 Å². The Labute approximate surface area is 114 Å². The van der Waals surface area contributed by atoms with Crippen LogP contribution in [0.3, 0.4) is 0 Å². The topological polar surface area (TPSA) is 25.2 Å². The van der Waals surface area contributed by atoms with Gasteiger partial charge >= 0.3 is 0 Å². The van der Waals surface area contributed by atoms with E-state index in [1.165, 1.54) is 5.56 Å². The van der Waals surface area contributed by atoms with Crippen molar-refractivity contribution < 1.29 is 0 Å². The minimum atomic E-state index is 0.0770. The predicted octanol–water partition coefficient (Wildman–Crippen LogP) is 2.29. The number of hydrogen-bond donors (Lipinski definition) is 0. The number of rotatable bonds is 5. The van der Waals surface area contributed by atoms with Gasteiger partial charge in [0.15, 0.2) is 0 Å². The van der Waals surface area contributed by atoms with Crippen molar-refractivity contribution in [3.8, 4) is 0 Å². The molecule has 2 aromatic rings. The first-order valence-electron chi connectivity index (χ1n) is 6.55. The molecule has 0 saturated heterocycles. The van der Waals surface area contributed by atoms with E-state index in [2.05, 4.69) is 24.1 Å². The van der Waals surface area contributed by atoms with Crippen molar-refractivity contribution in [2.24, 2.45) is 0 Å². The summed E-state index contributed by atoms with van der Waals surface area (Å²) in [6.45, 7) is 4.43. The number of aryl methyl sites for hydroxylation is 1. The van der Waals surface area contributed by atoms with Gasteiger partial charge < -0.3 is 9.47 Å². The number of aromatic nitrogens is 1. The zero-order valence-corrected chi connectivity index (χ0v) is 11.5. The Morgan fingerprint density at radius 2 is 1.89 bits per heavy atom. The van der Waals surface area contributed by atoms with Crippen molar-refractivity contribution in [3.63, 3.8) is 0 Å².